The Bertz CT molecular complexity index is 475. The van der Waals surface area contributed by atoms with Crippen LogP contribution in [0, 0.1) is 0 Å². The topological polar surface area (TPSA) is 99.8 Å². The molecule has 0 saturated heterocycles. The number of nitrogens with two attached hydrogens (primary N) is 1. The molecular formula is C7H7N5O2. The molecular weight excluding hydrogens is 186 g/mol. The maximum absolute atomic E-state index is 11.2. The fourth-order valence-corrected chi connectivity index (χ4v) is 0.955. The van der Waals surface area contributed by atoms with Crippen molar-refractivity contribution < 1.29 is 4.42 Å². The van der Waals surface area contributed by atoms with Gasteiger partial charge in [-0.1, -0.05) is 0 Å². The first-order chi connectivity index (χ1) is 6.75. The third-order valence-corrected chi connectivity index (χ3v) is 1.57. The van der Waals surface area contributed by atoms with Gasteiger partial charge in [-0.2, -0.15) is 4.98 Å². The number of rotatable bonds is 2. The number of oxazole rings is 1. The Morgan fingerprint density at radius 1 is 1.50 bits per heavy atom. The van der Waals surface area contributed by atoms with Crippen LogP contribution >= 0.6 is 0 Å². The Hall–Kier alpha value is -2.18. The van der Waals surface area contributed by atoms with Crippen molar-refractivity contribution in [1.82, 2.24) is 19.5 Å². The molecule has 72 valence electrons. The van der Waals surface area contributed by atoms with Crippen LogP contribution in [0.4, 0.5) is 5.95 Å². The number of hydrogen-bond donors (Lipinski definition) is 1. The average molecular weight is 193 g/mol. The van der Waals surface area contributed by atoms with Crippen molar-refractivity contribution in [2.75, 3.05) is 5.73 Å². The Kier molecular flexibility index (Phi) is 1.98. The molecule has 0 unspecified atom stereocenters. The van der Waals surface area contributed by atoms with Gasteiger partial charge >= 0.3 is 5.69 Å². The number of aromatic nitrogens is 4. The number of anilines is 1. The summed E-state index contributed by atoms with van der Waals surface area (Å²) in [5.41, 5.74) is 4.75. The first-order valence-electron chi connectivity index (χ1n) is 3.83. The minimum atomic E-state index is -0.476. The quantitative estimate of drug-likeness (QED) is 0.674. The third-order valence-electron chi connectivity index (χ3n) is 1.57. The molecule has 7 heteroatoms. The Morgan fingerprint density at radius 3 is 3.00 bits per heavy atom. The van der Waals surface area contributed by atoms with E-state index in [1.807, 2.05) is 0 Å². The molecule has 0 spiro atoms. The first kappa shape index (κ1) is 8.42. The molecule has 0 bridgehead atoms. The molecule has 2 heterocycles. The molecule has 14 heavy (non-hydrogen) atoms. The zero-order chi connectivity index (χ0) is 9.97. The van der Waals surface area contributed by atoms with Crippen LogP contribution in [0.3, 0.4) is 0 Å². The molecule has 0 aliphatic carbocycles. The summed E-state index contributed by atoms with van der Waals surface area (Å²) in [5.74, 6) is 0.374. The van der Waals surface area contributed by atoms with E-state index >= 15 is 0 Å². The van der Waals surface area contributed by atoms with Crippen LogP contribution in [0.25, 0.3) is 0 Å². The first-order valence-corrected chi connectivity index (χ1v) is 3.83. The number of hydrogen-bond acceptors (Lipinski definition) is 6. The van der Waals surface area contributed by atoms with Gasteiger partial charge < -0.3 is 10.2 Å². The van der Waals surface area contributed by atoms with Crippen molar-refractivity contribution in [3.8, 4) is 0 Å². The lowest BCUT2D eigenvalue weighted by Crippen LogP contribution is -2.25. The Balaban J connectivity index is 2.30. The second kappa shape index (κ2) is 3.29. The maximum atomic E-state index is 11.2. The fourth-order valence-electron chi connectivity index (χ4n) is 0.955. The van der Waals surface area contributed by atoms with E-state index < -0.39 is 5.69 Å². The molecule has 7 nitrogen and oxygen atoms in total. The predicted molar refractivity (Wildman–Crippen MR) is 46.3 cm³/mol. The maximum Gasteiger partial charge on any atom is 0.352 e. The highest BCUT2D eigenvalue weighted by atomic mass is 16.3. The van der Waals surface area contributed by atoms with Gasteiger partial charge in [0.05, 0.1) is 6.20 Å². The van der Waals surface area contributed by atoms with Crippen LogP contribution in [0.15, 0.2) is 28.0 Å². The van der Waals surface area contributed by atoms with Crippen molar-refractivity contribution in [3.05, 3.63) is 35.2 Å². The second-order valence-electron chi connectivity index (χ2n) is 2.55. The molecule has 0 radical (unpaired) electrons. The minimum absolute atomic E-state index is 0.0429. The van der Waals surface area contributed by atoms with Gasteiger partial charge in [-0.25, -0.2) is 14.8 Å². The van der Waals surface area contributed by atoms with Crippen molar-refractivity contribution >= 4 is 5.95 Å². The molecule has 0 aromatic carbocycles. The SMILES string of the molecule is Nc1ncn(Cc2ncco2)c(=O)n1. The van der Waals surface area contributed by atoms with Gasteiger partial charge in [0, 0.05) is 0 Å². The van der Waals surface area contributed by atoms with Gasteiger partial charge in [-0.3, -0.25) is 4.57 Å². The summed E-state index contributed by atoms with van der Waals surface area (Å²) in [4.78, 5) is 22.2. The van der Waals surface area contributed by atoms with Gasteiger partial charge in [0.25, 0.3) is 0 Å². The van der Waals surface area contributed by atoms with Crippen molar-refractivity contribution in [3.63, 3.8) is 0 Å². The zero-order valence-electron chi connectivity index (χ0n) is 7.12. The van der Waals surface area contributed by atoms with Gasteiger partial charge in [0.2, 0.25) is 11.8 Å². The molecule has 2 rings (SSSR count). The minimum Gasteiger partial charge on any atom is -0.447 e. The van der Waals surface area contributed by atoms with Crippen molar-refractivity contribution in [1.29, 1.82) is 0 Å². The third kappa shape index (κ3) is 1.60. The summed E-state index contributed by atoms with van der Waals surface area (Å²) in [6.45, 7) is 0.201. The van der Waals surface area contributed by atoms with Gasteiger partial charge in [-0.05, 0) is 0 Å². The highest BCUT2D eigenvalue weighted by Crippen LogP contribution is 1.95. The summed E-state index contributed by atoms with van der Waals surface area (Å²) < 4.78 is 6.22. The van der Waals surface area contributed by atoms with Gasteiger partial charge in [-0.15, -0.1) is 0 Å². The lowest BCUT2D eigenvalue weighted by molar-refractivity contribution is 0.470. The second-order valence-corrected chi connectivity index (χ2v) is 2.55. The van der Waals surface area contributed by atoms with E-state index in [1.54, 1.807) is 0 Å². The van der Waals surface area contributed by atoms with Crippen molar-refractivity contribution in [2.24, 2.45) is 0 Å². The molecule has 2 N–H and O–H groups in total. The van der Waals surface area contributed by atoms with Crippen LogP contribution in [-0.2, 0) is 6.54 Å². The van der Waals surface area contributed by atoms with E-state index in [0.29, 0.717) is 5.89 Å². The van der Waals surface area contributed by atoms with Crippen LogP contribution in [0.1, 0.15) is 5.89 Å². The highest BCUT2D eigenvalue weighted by molar-refractivity contribution is 5.09. The fraction of sp³-hybridized carbons (Fsp3) is 0.143. The van der Waals surface area contributed by atoms with Gasteiger partial charge in [0.15, 0.2) is 0 Å². The predicted octanol–water partition coefficient (Wildman–Crippen LogP) is -0.743. The largest absolute Gasteiger partial charge is 0.447 e. The highest BCUT2D eigenvalue weighted by Gasteiger charge is 2.02. The lowest BCUT2D eigenvalue weighted by Gasteiger charge is -1.99. The van der Waals surface area contributed by atoms with E-state index in [-0.39, 0.29) is 12.5 Å². The Labute approximate surface area is 78.2 Å². The van der Waals surface area contributed by atoms with Crippen LogP contribution in [0.5, 0.6) is 0 Å². The molecule has 0 amide bonds. The number of nitrogen functional groups attached to an aromatic ring is 1. The summed E-state index contributed by atoms with van der Waals surface area (Å²) in [6, 6.07) is 0. The monoisotopic (exact) mass is 193 g/mol. The standard InChI is InChI=1S/C7H7N5O2/c8-6-10-4-12(7(13)11-6)3-5-9-1-2-14-5/h1-2,4H,3H2,(H2,8,11,13). The molecule has 0 aliphatic rings. The molecule has 0 aliphatic heterocycles. The lowest BCUT2D eigenvalue weighted by atomic mass is 10.6. The normalized spacial score (nSPS) is 10.3. The van der Waals surface area contributed by atoms with Crippen LogP contribution in [0.2, 0.25) is 0 Å². The van der Waals surface area contributed by atoms with E-state index in [4.69, 9.17) is 10.2 Å². The average Bonchev–Trinajstić information content (AvgIpc) is 2.62. The molecule has 0 saturated carbocycles. The Morgan fingerprint density at radius 2 is 2.36 bits per heavy atom. The van der Waals surface area contributed by atoms with Crippen LogP contribution < -0.4 is 11.4 Å². The molecule has 0 atom stereocenters. The van der Waals surface area contributed by atoms with E-state index in [9.17, 15) is 4.79 Å². The van der Waals surface area contributed by atoms with E-state index in [2.05, 4.69) is 15.0 Å². The van der Waals surface area contributed by atoms with Crippen LogP contribution in [-0.4, -0.2) is 19.5 Å². The summed E-state index contributed by atoms with van der Waals surface area (Å²) >= 11 is 0. The summed E-state index contributed by atoms with van der Waals surface area (Å²) in [5, 5.41) is 0. The van der Waals surface area contributed by atoms with Crippen molar-refractivity contribution in [2.45, 2.75) is 6.54 Å². The molecule has 2 aromatic heterocycles. The van der Waals surface area contributed by atoms with E-state index in [0.717, 1.165) is 0 Å². The molecule has 0 fully saturated rings. The number of nitrogens with zero attached hydrogens (tertiary/aromatic N) is 4. The zero-order valence-corrected chi connectivity index (χ0v) is 7.12. The summed E-state index contributed by atoms with van der Waals surface area (Å²) in [6.07, 6.45) is 4.23. The van der Waals surface area contributed by atoms with E-state index in [1.165, 1.54) is 23.4 Å². The van der Waals surface area contributed by atoms with Gasteiger partial charge in [0.1, 0.15) is 19.1 Å². The summed E-state index contributed by atoms with van der Waals surface area (Å²) in [7, 11) is 0. The smallest absolute Gasteiger partial charge is 0.352 e. The molecule has 2 aromatic rings.